The molecule has 1 aliphatic rings. The van der Waals surface area contributed by atoms with E-state index in [4.69, 9.17) is 5.73 Å². The molecule has 1 fully saturated rings. The van der Waals surface area contributed by atoms with E-state index in [9.17, 15) is 0 Å². The third kappa shape index (κ3) is 2.56. The molecule has 4 heteroatoms. The fourth-order valence-corrected chi connectivity index (χ4v) is 2.73. The van der Waals surface area contributed by atoms with Gasteiger partial charge in [-0.1, -0.05) is 26.2 Å². The van der Waals surface area contributed by atoms with Gasteiger partial charge in [0.05, 0.1) is 11.4 Å². The van der Waals surface area contributed by atoms with E-state index in [1.807, 2.05) is 18.7 Å². The molecule has 3 N–H and O–H groups in total. The van der Waals surface area contributed by atoms with Crippen molar-refractivity contribution in [1.82, 2.24) is 9.78 Å². The number of nitrogens with zero attached hydrogens (tertiary/aromatic N) is 2. The Bertz CT molecular complexity index is 383. The minimum absolute atomic E-state index is 0.537. The van der Waals surface area contributed by atoms with Gasteiger partial charge in [0.1, 0.15) is 5.82 Å². The molecule has 1 aromatic rings. The number of aromatic nitrogens is 2. The smallest absolute Gasteiger partial charge is 0.147 e. The molecule has 0 aromatic carbocycles. The van der Waals surface area contributed by atoms with Crippen molar-refractivity contribution in [2.75, 3.05) is 11.1 Å². The van der Waals surface area contributed by atoms with Gasteiger partial charge in [0, 0.05) is 13.1 Å². The molecule has 2 atom stereocenters. The Morgan fingerprint density at radius 3 is 2.65 bits per heavy atom. The molecule has 4 nitrogen and oxygen atoms in total. The van der Waals surface area contributed by atoms with E-state index in [0.717, 1.165) is 17.2 Å². The van der Waals surface area contributed by atoms with E-state index in [-0.39, 0.29) is 0 Å². The highest BCUT2D eigenvalue weighted by atomic mass is 15.3. The van der Waals surface area contributed by atoms with Crippen LogP contribution in [0.1, 0.15) is 44.7 Å². The first-order chi connectivity index (χ1) is 8.09. The van der Waals surface area contributed by atoms with Crippen molar-refractivity contribution in [2.45, 2.75) is 52.0 Å². The van der Waals surface area contributed by atoms with Crippen molar-refractivity contribution in [3.05, 3.63) is 5.69 Å². The Balaban J connectivity index is 2.13. The van der Waals surface area contributed by atoms with E-state index < -0.39 is 0 Å². The van der Waals surface area contributed by atoms with Gasteiger partial charge in [0.2, 0.25) is 0 Å². The Hall–Kier alpha value is -1.19. The van der Waals surface area contributed by atoms with Crippen LogP contribution in [0.25, 0.3) is 0 Å². The average molecular weight is 236 g/mol. The standard InChI is InChI=1S/C13H24N4/c1-9-7-5-4-6-8-11(9)15-13-12(14)10(2)16-17(13)3/h9,11,15H,4-8,14H2,1-3H3. The van der Waals surface area contributed by atoms with E-state index in [1.54, 1.807) is 0 Å². The summed E-state index contributed by atoms with van der Waals surface area (Å²) in [6, 6.07) is 0.537. The van der Waals surface area contributed by atoms with Gasteiger partial charge in [-0.2, -0.15) is 5.10 Å². The summed E-state index contributed by atoms with van der Waals surface area (Å²) in [5, 5.41) is 7.96. The zero-order chi connectivity index (χ0) is 12.4. The maximum absolute atomic E-state index is 6.06. The zero-order valence-electron chi connectivity index (χ0n) is 11.2. The Kier molecular flexibility index (Phi) is 3.60. The number of nitrogen functional groups attached to an aromatic ring is 1. The molecule has 2 rings (SSSR count). The summed E-state index contributed by atoms with van der Waals surface area (Å²) in [6.45, 7) is 4.29. The zero-order valence-corrected chi connectivity index (χ0v) is 11.2. The van der Waals surface area contributed by atoms with Gasteiger partial charge in [0.25, 0.3) is 0 Å². The summed E-state index contributed by atoms with van der Waals surface area (Å²) < 4.78 is 1.86. The van der Waals surface area contributed by atoms with Crippen molar-refractivity contribution >= 4 is 11.5 Å². The van der Waals surface area contributed by atoms with Crippen LogP contribution < -0.4 is 11.1 Å². The highest BCUT2D eigenvalue weighted by Crippen LogP contribution is 2.28. The fraction of sp³-hybridized carbons (Fsp3) is 0.769. The van der Waals surface area contributed by atoms with E-state index in [0.29, 0.717) is 12.0 Å². The summed E-state index contributed by atoms with van der Waals surface area (Å²) >= 11 is 0. The van der Waals surface area contributed by atoms with Crippen LogP contribution >= 0.6 is 0 Å². The second-order valence-corrected chi connectivity index (χ2v) is 5.34. The monoisotopic (exact) mass is 236 g/mol. The highest BCUT2D eigenvalue weighted by molar-refractivity contribution is 5.65. The number of anilines is 2. The van der Waals surface area contributed by atoms with Crippen molar-refractivity contribution in [1.29, 1.82) is 0 Å². The molecule has 96 valence electrons. The summed E-state index contributed by atoms with van der Waals surface area (Å²) in [5.74, 6) is 1.70. The highest BCUT2D eigenvalue weighted by Gasteiger charge is 2.22. The molecule has 17 heavy (non-hydrogen) atoms. The van der Waals surface area contributed by atoms with Crippen LogP contribution in [0.4, 0.5) is 11.5 Å². The maximum atomic E-state index is 6.06. The Labute approximate surface area is 104 Å². The van der Waals surface area contributed by atoms with E-state index >= 15 is 0 Å². The molecule has 1 aromatic heterocycles. The lowest BCUT2D eigenvalue weighted by Gasteiger charge is -2.24. The van der Waals surface area contributed by atoms with E-state index in [2.05, 4.69) is 17.3 Å². The van der Waals surface area contributed by atoms with Gasteiger partial charge >= 0.3 is 0 Å². The van der Waals surface area contributed by atoms with Crippen molar-refractivity contribution in [3.8, 4) is 0 Å². The van der Waals surface area contributed by atoms with Crippen LogP contribution in [-0.2, 0) is 7.05 Å². The number of nitrogens with one attached hydrogen (secondary N) is 1. The third-order valence-corrected chi connectivity index (χ3v) is 3.95. The lowest BCUT2D eigenvalue weighted by atomic mass is 9.97. The molecule has 1 heterocycles. The molecule has 1 aliphatic carbocycles. The van der Waals surface area contributed by atoms with Crippen molar-refractivity contribution in [3.63, 3.8) is 0 Å². The quantitative estimate of drug-likeness (QED) is 0.776. The van der Waals surface area contributed by atoms with Gasteiger partial charge in [-0.05, 0) is 25.7 Å². The predicted octanol–water partition coefficient (Wildman–Crippen LogP) is 2.69. The van der Waals surface area contributed by atoms with Gasteiger partial charge in [-0.25, -0.2) is 0 Å². The first-order valence-electron chi connectivity index (χ1n) is 6.65. The second-order valence-electron chi connectivity index (χ2n) is 5.34. The minimum Gasteiger partial charge on any atom is -0.394 e. The second kappa shape index (κ2) is 4.98. The van der Waals surface area contributed by atoms with Crippen molar-refractivity contribution < 1.29 is 0 Å². The lowest BCUT2D eigenvalue weighted by molar-refractivity contribution is 0.454. The predicted molar refractivity (Wildman–Crippen MR) is 72.0 cm³/mol. The Morgan fingerprint density at radius 1 is 1.29 bits per heavy atom. The van der Waals surface area contributed by atoms with Gasteiger partial charge in [0.15, 0.2) is 0 Å². The van der Waals surface area contributed by atoms with Gasteiger partial charge in [-0.3, -0.25) is 4.68 Å². The summed E-state index contributed by atoms with van der Waals surface area (Å²) in [6.07, 6.45) is 6.60. The third-order valence-electron chi connectivity index (χ3n) is 3.95. The summed E-state index contributed by atoms with van der Waals surface area (Å²) in [5.41, 5.74) is 7.77. The number of hydrogen-bond donors (Lipinski definition) is 2. The molecule has 0 amide bonds. The van der Waals surface area contributed by atoms with Crippen LogP contribution in [0.2, 0.25) is 0 Å². The number of rotatable bonds is 2. The van der Waals surface area contributed by atoms with Gasteiger partial charge < -0.3 is 11.1 Å². The number of aryl methyl sites for hydroxylation is 2. The molecular weight excluding hydrogens is 212 g/mol. The van der Waals surface area contributed by atoms with Crippen molar-refractivity contribution in [2.24, 2.45) is 13.0 Å². The number of hydrogen-bond acceptors (Lipinski definition) is 3. The summed E-state index contributed by atoms with van der Waals surface area (Å²) in [4.78, 5) is 0. The maximum Gasteiger partial charge on any atom is 0.147 e. The molecule has 0 bridgehead atoms. The molecular formula is C13H24N4. The molecule has 1 saturated carbocycles. The van der Waals surface area contributed by atoms with Gasteiger partial charge in [-0.15, -0.1) is 0 Å². The van der Waals surface area contributed by atoms with E-state index in [1.165, 1.54) is 32.1 Å². The fourth-order valence-electron chi connectivity index (χ4n) is 2.73. The first-order valence-corrected chi connectivity index (χ1v) is 6.65. The topological polar surface area (TPSA) is 55.9 Å². The molecule has 2 unspecified atom stereocenters. The minimum atomic E-state index is 0.537. The SMILES string of the molecule is Cc1nn(C)c(NC2CCCCCC2C)c1N. The molecule has 0 spiro atoms. The number of nitrogens with two attached hydrogens (primary N) is 1. The molecule has 0 saturated heterocycles. The lowest BCUT2D eigenvalue weighted by Crippen LogP contribution is -2.27. The summed E-state index contributed by atoms with van der Waals surface area (Å²) in [7, 11) is 1.95. The largest absolute Gasteiger partial charge is 0.394 e. The molecule has 0 radical (unpaired) electrons. The van der Waals surface area contributed by atoms with Crippen LogP contribution in [0.15, 0.2) is 0 Å². The Morgan fingerprint density at radius 2 is 2.00 bits per heavy atom. The normalized spacial score (nSPS) is 25.6. The molecule has 0 aliphatic heterocycles. The first kappa shape index (κ1) is 12.3. The van der Waals surface area contributed by atoms with Crippen LogP contribution in [0.3, 0.4) is 0 Å². The average Bonchev–Trinajstić information content (AvgIpc) is 2.45. The van der Waals surface area contributed by atoms with Crippen LogP contribution in [0, 0.1) is 12.8 Å². The van der Waals surface area contributed by atoms with Crippen LogP contribution in [-0.4, -0.2) is 15.8 Å². The van der Waals surface area contributed by atoms with Crippen LogP contribution in [0.5, 0.6) is 0 Å².